The van der Waals surface area contributed by atoms with Crippen LogP contribution >= 0.6 is 23.7 Å². The molecule has 2 N–H and O–H groups in total. The summed E-state index contributed by atoms with van der Waals surface area (Å²) in [5.41, 5.74) is -0.897. The number of carbonyl (C=O) groups is 1. The zero-order valence-corrected chi connectivity index (χ0v) is 13.5. The van der Waals surface area contributed by atoms with Crippen LogP contribution in [0.4, 0.5) is 13.2 Å². The van der Waals surface area contributed by atoms with Crippen LogP contribution in [0.15, 0.2) is 5.38 Å². The first-order valence-electron chi connectivity index (χ1n) is 6.94. The SMILES string of the molecule is Cl.O=C(CCC1CCNCC1)NCc1nc(C(F)(F)F)cs1. The molecule has 1 aromatic rings. The van der Waals surface area contributed by atoms with Crippen molar-refractivity contribution in [2.75, 3.05) is 13.1 Å². The fourth-order valence-electron chi connectivity index (χ4n) is 2.29. The number of hydrogen-bond donors (Lipinski definition) is 2. The summed E-state index contributed by atoms with van der Waals surface area (Å²) in [6, 6.07) is 0. The number of aromatic nitrogens is 1. The Bertz CT molecular complexity index is 475. The van der Waals surface area contributed by atoms with Crippen LogP contribution in [0.2, 0.25) is 0 Å². The number of thiazole rings is 1. The van der Waals surface area contributed by atoms with E-state index in [1.807, 2.05) is 0 Å². The molecule has 0 atom stereocenters. The number of halogens is 4. The lowest BCUT2D eigenvalue weighted by Crippen LogP contribution is -2.29. The maximum atomic E-state index is 12.4. The predicted molar refractivity (Wildman–Crippen MR) is 81.0 cm³/mol. The van der Waals surface area contributed by atoms with E-state index in [1.54, 1.807) is 0 Å². The van der Waals surface area contributed by atoms with Gasteiger partial charge in [-0.15, -0.1) is 23.7 Å². The van der Waals surface area contributed by atoms with Gasteiger partial charge in [-0.05, 0) is 38.3 Å². The highest BCUT2D eigenvalue weighted by atomic mass is 35.5. The molecule has 1 aliphatic heterocycles. The molecule has 0 spiro atoms. The first-order valence-corrected chi connectivity index (χ1v) is 7.82. The van der Waals surface area contributed by atoms with Crippen molar-refractivity contribution in [1.29, 1.82) is 0 Å². The van der Waals surface area contributed by atoms with E-state index in [1.165, 1.54) is 0 Å². The lowest BCUT2D eigenvalue weighted by atomic mass is 9.93. The summed E-state index contributed by atoms with van der Waals surface area (Å²) in [4.78, 5) is 15.2. The molecule has 0 radical (unpaired) electrons. The summed E-state index contributed by atoms with van der Waals surface area (Å²) in [6.45, 7) is 2.04. The molecule has 1 amide bonds. The van der Waals surface area contributed by atoms with Crippen molar-refractivity contribution in [3.05, 3.63) is 16.1 Å². The van der Waals surface area contributed by atoms with Crippen LogP contribution in [0.5, 0.6) is 0 Å². The molecule has 22 heavy (non-hydrogen) atoms. The van der Waals surface area contributed by atoms with Crippen molar-refractivity contribution in [3.8, 4) is 0 Å². The number of piperidine rings is 1. The van der Waals surface area contributed by atoms with Crippen molar-refractivity contribution in [1.82, 2.24) is 15.6 Å². The summed E-state index contributed by atoms with van der Waals surface area (Å²) in [6.07, 6.45) is -1.02. The number of rotatable bonds is 5. The number of nitrogens with one attached hydrogen (secondary N) is 2. The molecule has 126 valence electrons. The molecule has 9 heteroatoms. The van der Waals surface area contributed by atoms with Gasteiger partial charge in [0.15, 0.2) is 5.69 Å². The Balaban J connectivity index is 0.00000242. The molecule has 1 saturated heterocycles. The minimum Gasteiger partial charge on any atom is -0.350 e. The van der Waals surface area contributed by atoms with E-state index in [2.05, 4.69) is 15.6 Å². The van der Waals surface area contributed by atoms with Crippen molar-refractivity contribution in [2.45, 2.75) is 38.4 Å². The van der Waals surface area contributed by atoms with Crippen LogP contribution in [-0.4, -0.2) is 24.0 Å². The average Bonchev–Trinajstić information content (AvgIpc) is 2.93. The van der Waals surface area contributed by atoms with Crippen LogP contribution in [-0.2, 0) is 17.5 Å². The Labute approximate surface area is 137 Å². The first kappa shape index (κ1) is 19.2. The van der Waals surface area contributed by atoms with Gasteiger partial charge < -0.3 is 10.6 Å². The molecule has 1 aromatic heterocycles. The van der Waals surface area contributed by atoms with Crippen LogP contribution in [0.3, 0.4) is 0 Å². The van der Waals surface area contributed by atoms with Gasteiger partial charge in [-0.3, -0.25) is 4.79 Å². The number of amides is 1. The second-order valence-electron chi connectivity index (χ2n) is 5.13. The van der Waals surface area contributed by atoms with E-state index in [-0.39, 0.29) is 29.9 Å². The highest BCUT2D eigenvalue weighted by Crippen LogP contribution is 2.29. The van der Waals surface area contributed by atoms with Crippen molar-refractivity contribution >= 4 is 29.7 Å². The van der Waals surface area contributed by atoms with Crippen molar-refractivity contribution in [3.63, 3.8) is 0 Å². The van der Waals surface area contributed by atoms with Gasteiger partial charge in [-0.1, -0.05) is 0 Å². The van der Waals surface area contributed by atoms with Crippen molar-refractivity contribution in [2.24, 2.45) is 5.92 Å². The topological polar surface area (TPSA) is 54.0 Å². The van der Waals surface area contributed by atoms with Crippen molar-refractivity contribution < 1.29 is 18.0 Å². The Hall–Kier alpha value is -0.860. The summed E-state index contributed by atoms with van der Waals surface area (Å²) in [7, 11) is 0. The molecule has 1 aliphatic rings. The van der Waals surface area contributed by atoms with Gasteiger partial charge in [0.25, 0.3) is 0 Å². The number of alkyl halides is 3. The third-order valence-corrected chi connectivity index (χ3v) is 4.37. The van der Waals surface area contributed by atoms with E-state index in [0.717, 1.165) is 49.1 Å². The fraction of sp³-hybridized carbons (Fsp3) is 0.692. The van der Waals surface area contributed by atoms with Crippen LogP contribution < -0.4 is 10.6 Å². The summed E-state index contributed by atoms with van der Waals surface area (Å²) in [5.74, 6) is 0.436. The van der Waals surface area contributed by atoms with E-state index >= 15 is 0 Å². The Morgan fingerprint density at radius 1 is 1.41 bits per heavy atom. The first-order chi connectivity index (χ1) is 9.95. The molecule has 0 aliphatic carbocycles. The Morgan fingerprint density at radius 2 is 2.09 bits per heavy atom. The molecule has 2 heterocycles. The molecule has 0 aromatic carbocycles. The lowest BCUT2D eigenvalue weighted by Gasteiger charge is -2.22. The summed E-state index contributed by atoms with van der Waals surface area (Å²) >= 11 is 0.910. The van der Waals surface area contributed by atoms with Gasteiger partial charge in [0, 0.05) is 11.8 Å². The van der Waals surface area contributed by atoms with Crippen LogP contribution in [0.25, 0.3) is 0 Å². The summed E-state index contributed by atoms with van der Waals surface area (Å²) < 4.78 is 37.1. The number of hydrogen-bond acceptors (Lipinski definition) is 4. The van der Waals surface area contributed by atoms with E-state index in [4.69, 9.17) is 0 Å². The highest BCUT2D eigenvalue weighted by molar-refractivity contribution is 7.09. The second-order valence-corrected chi connectivity index (χ2v) is 6.08. The third kappa shape index (κ3) is 6.10. The van der Waals surface area contributed by atoms with E-state index in [0.29, 0.717) is 12.3 Å². The normalized spacial score (nSPS) is 16.1. The van der Waals surface area contributed by atoms with Crippen LogP contribution in [0, 0.1) is 5.92 Å². The average molecular weight is 358 g/mol. The Kier molecular flexibility index (Phi) is 7.58. The lowest BCUT2D eigenvalue weighted by molar-refractivity contribution is -0.140. The number of carbonyl (C=O) groups excluding carboxylic acids is 1. The Morgan fingerprint density at radius 3 is 2.68 bits per heavy atom. The maximum Gasteiger partial charge on any atom is 0.434 e. The van der Waals surface area contributed by atoms with Crippen LogP contribution in [0.1, 0.15) is 36.4 Å². The summed E-state index contributed by atoms with van der Waals surface area (Å²) in [5, 5.41) is 7.14. The quantitative estimate of drug-likeness (QED) is 0.851. The minimum atomic E-state index is -4.42. The second kappa shape index (κ2) is 8.69. The fourth-order valence-corrected chi connectivity index (χ4v) is 3.03. The predicted octanol–water partition coefficient (Wildman–Crippen LogP) is 2.98. The van der Waals surface area contributed by atoms with Gasteiger partial charge in [0.05, 0.1) is 6.54 Å². The van der Waals surface area contributed by atoms with Gasteiger partial charge >= 0.3 is 6.18 Å². The molecular formula is C13H19ClF3N3OS. The minimum absolute atomic E-state index is 0. The maximum absolute atomic E-state index is 12.4. The molecule has 4 nitrogen and oxygen atoms in total. The molecule has 0 bridgehead atoms. The zero-order valence-electron chi connectivity index (χ0n) is 11.9. The number of nitrogens with zero attached hydrogens (tertiary/aromatic N) is 1. The zero-order chi connectivity index (χ0) is 15.3. The monoisotopic (exact) mass is 357 g/mol. The largest absolute Gasteiger partial charge is 0.434 e. The molecule has 0 unspecified atom stereocenters. The molecule has 0 saturated carbocycles. The molecule has 2 rings (SSSR count). The molecular weight excluding hydrogens is 339 g/mol. The van der Waals surface area contributed by atoms with E-state index < -0.39 is 11.9 Å². The van der Waals surface area contributed by atoms with Gasteiger partial charge in [-0.25, -0.2) is 4.98 Å². The third-order valence-electron chi connectivity index (χ3n) is 3.52. The molecule has 1 fully saturated rings. The smallest absolute Gasteiger partial charge is 0.350 e. The highest BCUT2D eigenvalue weighted by Gasteiger charge is 2.33. The standard InChI is InChI=1S/C13H18F3N3OS.ClH/c14-13(15,16)10-8-21-12(19-10)7-18-11(20)2-1-9-3-5-17-6-4-9;/h8-9,17H,1-7H2,(H,18,20);1H. The van der Waals surface area contributed by atoms with Gasteiger partial charge in [0.1, 0.15) is 5.01 Å². The van der Waals surface area contributed by atoms with E-state index in [9.17, 15) is 18.0 Å². The van der Waals surface area contributed by atoms with Gasteiger partial charge in [-0.2, -0.15) is 13.2 Å². The van der Waals surface area contributed by atoms with Gasteiger partial charge in [0.2, 0.25) is 5.91 Å².